The molecular weight excluding hydrogens is 314 g/mol. The van der Waals surface area contributed by atoms with Gasteiger partial charge in [0.2, 0.25) is 0 Å². The molecule has 18 heavy (non-hydrogen) atoms. The van der Waals surface area contributed by atoms with Crippen molar-refractivity contribution >= 4 is 33.2 Å². The van der Waals surface area contributed by atoms with Crippen molar-refractivity contribution < 1.29 is 4.42 Å². The summed E-state index contributed by atoms with van der Waals surface area (Å²) in [5, 5.41) is 4.17. The van der Waals surface area contributed by atoms with Gasteiger partial charge in [-0.05, 0) is 59.6 Å². The van der Waals surface area contributed by atoms with E-state index >= 15 is 0 Å². The quantitative estimate of drug-likeness (QED) is 0.823. The Balaban J connectivity index is 1.86. The van der Waals surface area contributed by atoms with Gasteiger partial charge >= 0.3 is 0 Å². The lowest BCUT2D eigenvalue weighted by atomic mass is 10.1. The molecule has 1 N–H and O–H groups in total. The highest BCUT2D eigenvalue weighted by Gasteiger charge is 2.05. The highest BCUT2D eigenvalue weighted by molar-refractivity contribution is 9.10. The first-order valence-corrected chi connectivity index (χ1v) is 7.06. The maximum Gasteiger partial charge on any atom is 0.103 e. The van der Waals surface area contributed by atoms with E-state index in [9.17, 15) is 0 Å². The Hall–Kier alpha value is -0.930. The number of furan rings is 1. The van der Waals surface area contributed by atoms with Crippen LogP contribution in [0, 0.1) is 0 Å². The van der Waals surface area contributed by atoms with Gasteiger partial charge in [0.25, 0.3) is 0 Å². The van der Waals surface area contributed by atoms with Crippen LogP contribution in [0.5, 0.6) is 0 Å². The minimum absolute atomic E-state index is 0.378. The maximum atomic E-state index is 5.96. The summed E-state index contributed by atoms with van der Waals surface area (Å²) in [5.74, 6) is 1.03. The third kappa shape index (κ3) is 3.79. The number of benzene rings is 1. The Morgan fingerprint density at radius 1 is 1.39 bits per heavy atom. The molecule has 0 spiro atoms. The summed E-state index contributed by atoms with van der Waals surface area (Å²) in [7, 11) is 0. The van der Waals surface area contributed by atoms with Gasteiger partial charge < -0.3 is 9.73 Å². The number of rotatable bonds is 5. The molecule has 1 aromatic carbocycles. The summed E-state index contributed by atoms with van der Waals surface area (Å²) < 4.78 is 6.23. The predicted octanol–water partition coefficient (Wildman–Crippen LogP) is 5.13. The molecule has 0 fully saturated rings. The molecule has 0 bridgehead atoms. The highest BCUT2D eigenvalue weighted by atomic mass is 79.9. The molecule has 2 rings (SSSR count). The second-order valence-corrected chi connectivity index (χ2v) is 5.55. The van der Waals surface area contributed by atoms with Crippen molar-refractivity contribution in [2.75, 3.05) is 5.32 Å². The van der Waals surface area contributed by atoms with Gasteiger partial charge in [-0.25, -0.2) is 0 Å². The zero-order valence-electron chi connectivity index (χ0n) is 10.1. The van der Waals surface area contributed by atoms with E-state index in [1.807, 2.05) is 30.3 Å². The lowest BCUT2D eigenvalue weighted by molar-refractivity contribution is 0.495. The lowest BCUT2D eigenvalue weighted by Gasteiger charge is -2.15. The van der Waals surface area contributed by atoms with Crippen molar-refractivity contribution in [3.8, 4) is 0 Å². The zero-order valence-corrected chi connectivity index (χ0v) is 12.5. The van der Waals surface area contributed by atoms with Crippen LogP contribution < -0.4 is 5.32 Å². The Morgan fingerprint density at radius 2 is 2.22 bits per heavy atom. The molecule has 0 amide bonds. The predicted molar refractivity (Wildman–Crippen MR) is 79.3 cm³/mol. The molecule has 0 saturated heterocycles. The SMILES string of the molecule is CC(CCc1ccco1)Nc1ccc(Cl)c(Br)c1. The van der Waals surface area contributed by atoms with E-state index in [1.54, 1.807) is 6.26 Å². The number of halogens is 2. The fraction of sp³-hybridized carbons (Fsp3) is 0.286. The van der Waals surface area contributed by atoms with Crippen LogP contribution in [-0.4, -0.2) is 6.04 Å². The summed E-state index contributed by atoms with van der Waals surface area (Å²) in [6.45, 7) is 2.16. The van der Waals surface area contributed by atoms with Gasteiger partial charge in [0, 0.05) is 22.6 Å². The van der Waals surface area contributed by atoms with Crippen LogP contribution in [0.15, 0.2) is 45.5 Å². The second kappa shape index (κ2) is 6.30. The Bertz CT molecular complexity index is 499. The molecule has 4 heteroatoms. The topological polar surface area (TPSA) is 25.2 Å². The fourth-order valence-electron chi connectivity index (χ4n) is 1.76. The maximum absolute atomic E-state index is 5.96. The molecule has 1 heterocycles. The number of anilines is 1. The molecule has 2 aromatic rings. The van der Waals surface area contributed by atoms with Crippen molar-refractivity contribution in [2.24, 2.45) is 0 Å². The van der Waals surface area contributed by atoms with Gasteiger partial charge in [-0.15, -0.1) is 0 Å². The van der Waals surface area contributed by atoms with E-state index in [0.29, 0.717) is 6.04 Å². The normalized spacial score (nSPS) is 12.4. The van der Waals surface area contributed by atoms with Crippen LogP contribution in [0.3, 0.4) is 0 Å². The van der Waals surface area contributed by atoms with Crippen molar-refractivity contribution in [3.63, 3.8) is 0 Å². The largest absolute Gasteiger partial charge is 0.469 e. The first-order chi connectivity index (χ1) is 8.65. The Kier molecular flexibility index (Phi) is 4.72. The van der Waals surface area contributed by atoms with Crippen molar-refractivity contribution in [2.45, 2.75) is 25.8 Å². The van der Waals surface area contributed by atoms with Gasteiger partial charge in [0.05, 0.1) is 11.3 Å². The van der Waals surface area contributed by atoms with E-state index in [4.69, 9.17) is 16.0 Å². The average Bonchev–Trinajstić information content (AvgIpc) is 2.84. The summed E-state index contributed by atoms with van der Waals surface area (Å²) in [6.07, 6.45) is 3.67. The second-order valence-electron chi connectivity index (χ2n) is 4.29. The molecule has 0 saturated carbocycles. The molecule has 2 nitrogen and oxygen atoms in total. The van der Waals surface area contributed by atoms with E-state index in [-0.39, 0.29) is 0 Å². The summed E-state index contributed by atoms with van der Waals surface area (Å²) in [5.41, 5.74) is 1.07. The third-order valence-electron chi connectivity index (χ3n) is 2.74. The van der Waals surface area contributed by atoms with Crippen LogP contribution in [0.2, 0.25) is 5.02 Å². The smallest absolute Gasteiger partial charge is 0.103 e. The van der Waals surface area contributed by atoms with E-state index < -0.39 is 0 Å². The van der Waals surface area contributed by atoms with Crippen molar-refractivity contribution in [3.05, 3.63) is 51.9 Å². The molecule has 0 aliphatic carbocycles. The van der Waals surface area contributed by atoms with Crippen molar-refractivity contribution in [1.29, 1.82) is 0 Å². The minimum Gasteiger partial charge on any atom is -0.469 e. The third-order valence-corrected chi connectivity index (χ3v) is 3.95. The van der Waals surface area contributed by atoms with E-state index in [2.05, 4.69) is 28.2 Å². The first kappa shape index (κ1) is 13.5. The Morgan fingerprint density at radius 3 is 2.89 bits per heavy atom. The van der Waals surface area contributed by atoms with Crippen LogP contribution >= 0.6 is 27.5 Å². The number of hydrogen-bond acceptors (Lipinski definition) is 2. The molecule has 1 atom stereocenters. The van der Waals surface area contributed by atoms with Crippen LogP contribution in [0.25, 0.3) is 0 Å². The van der Waals surface area contributed by atoms with Crippen LogP contribution in [-0.2, 0) is 6.42 Å². The summed E-state index contributed by atoms with van der Waals surface area (Å²) >= 11 is 9.38. The monoisotopic (exact) mass is 327 g/mol. The lowest BCUT2D eigenvalue weighted by Crippen LogP contribution is -2.15. The van der Waals surface area contributed by atoms with E-state index in [0.717, 1.165) is 33.8 Å². The summed E-state index contributed by atoms with van der Waals surface area (Å²) in [6, 6.07) is 10.2. The van der Waals surface area contributed by atoms with E-state index in [1.165, 1.54) is 0 Å². The molecule has 1 aromatic heterocycles. The number of nitrogens with one attached hydrogen (secondary N) is 1. The zero-order chi connectivity index (χ0) is 13.0. The van der Waals surface area contributed by atoms with Crippen LogP contribution in [0.4, 0.5) is 5.69 Å². The molecule has 0 radical (unpaired) electrons. The van der Waals surface area contributed by atoms with Gasteiger partial charge in [-0.1, -0.05) is 11.6 Å². The van der Waals surface area contributed by atoms with Gasteiger partial charge in [-0.2, -0.15) is 0 Å². The van der Waals surface area contributed by atoms with Gasteiger partial charge in [-0.3, -0.25) is 0 Å². The summed E-state index contributed by atoms with van der Waals surface area (Å²) in [4.78, 5) is 0. The minimum atomic E-state index is 0.378. The molecule has 96 valence electrons. The van der Waals surface area contributed by atoms with Gasteiger partial charge in [0.1, 0.15) is 5.76 Å². The van der Waals surface area contributed by atoms with Crippen LogP contribution in [0.1, 0.15) is 19.1 Å². The van der Waals surface area contributed by atoms with Crippen molar-refractivity contribution in [1.82, 2.24) is 0 Å². The molecule has 0 aliphatic heterocycles. The Labute approximate surface area is 120 Å². The molecule has 1 unspecified atom stereocenters. The molecular formula is C14H15BrClNO. The highest BCUT2D eigenvalue weighted by Crippen LogP contribution is 2.26. The standard InChI is InChI=1S/C14H15BrClNO/c1-10(4-6-12-3-2-8-18-12)17-11-5-7-14(16)13(15)9-11/h2-3,5,7-10,17H,4,6H2,1H3. The fourth-order valence-corrected chi connectivity index (χ4v) is 2.25. The number of aryl methyl sites for hydroxylation is 1. The average molecular weight is 329 g/mol. The first-order valence-electron chi connectivity index (χ1n) is 5.89. The van der Waals surface area contributed by atoms with Gasteiger partial charge in [0.15, 0.2) is 0 Å². The number of hydrogen-bond donors (Lipinski definition) is 1. The molecule has 0 aliphatic rings.